The van der Waals surface area contributed by atoms with Gasteiger partial charge in [-0.1, -0.05) is 18.2 Å². The standard InChI is InChI=1S/C15H10F2N2O2/c16-9-6-4-8(5-7-9)13(20)14-18-11-3-1-2-10(17)12(11)15(21)19-14/h1-7,13,20H,(H,18,19,21). The summed E-state index contributed by atoms with van der Waals surface area (Å²) in [5.41, 5.74) is 0.546. The van der Waals surface area contributed by atoms with Crippen molar-refractivity contribution in [2.75, 3.05) is 0 Å². The summed E-state index contributed by atoms with van der Waals surface area (Å²) in [6, 6.07) is 9.28. The van der Waals surface area contributed by atoms with Crippen molar-refractivity contribution in [3.05, 3.63) is 65.5 Å². The van der Waals surface area contributed by atoms with Crippen LogP contribution in [0, 0.1) is 11.6 Å². The Morgan fingerprint density at radius 3 is 2.38 bits per heavy atom. The maximum atomic E-state index is 13.6. The van der Waals surface area contributed by atoms with E-state index in [1.807, 2.05) is 0 Å². The second kappa shape index (κ2) is 5.06. The molecule has 1 aromatic heterocycles. The maximum absolute atomic E-state index is 13.6. The van der Waals surface area contributed by atoms with Crippen LogP contribution in [0.4, 0.5) is 8.78 Å². The predicted octanol–water partition coefficient (Wildman–Crippen LogP) is 2.70. The van der Waals surface area contributed by atoms with Crippen LogP contribution in [0.15, 0.2) is 42.5 Å². The second-order valence-corrected chi connectivity index (χ2v) is 4.49. The van der Waals surface area contributed by atoms with Crippen LogP contribution in [-0.2, 0) is 0 Å². The van der Waals surface area contributed by atoms with Gasteiger partial charge in [-0.05, 0) is 29.8 Å². The molecule has 0 aliphatic heterocycles. The van der Waals surface area contributed by atoms with Gasteiger partial charge in [0, 0.05) is 0 Å². The summed E-state index contributed by atoms with van der Waals surface area (Å²) in [5.74, 6) is -1.71. The van der Waals surface area contributed by atoms with E-state index in [0.717, 1.165) is 0 Å². The second-order valence-electron chi connectivity index (χ2n) is 4.49. The molecule has 4 nitrogen and oxygen atoms in total. The van der Waals surface area contributed by atoms with Crippen molar-refractivity contribution in [2.24, 2.45) is 0 Å². The lowest BCUT2D eigenvalue weighted by molar-refractivity contribution is 0.209. The third-order valence-electron chi connectivity index (χ3n) is 3.10. The zero-order valence-electron chi connectivity index (χ0n) is 10.7. The van der Waals surface area contributed by atoms with Gasteiger partial charge in [-0.3, -0.25) is 0 Å². The molecule has 0 amide bonds. The van der Waals surface area contributed by atoms with Gasteiger partial charge in [0.1, 0.15) is 17.7 Å². The highest BCUT2D eigenvalue weighted by Crippen LogP contribution is 2.27. The molecule has 106 valence electrons. The molecule has 0 saturated heterocycles. The number of aromatic hydroxyl groups is 1. The van der Waals surface area contributed by atoms with E-state index in [9.17, 15) is 19.0 Å². The van der Waals surface area contributed by atoms with E-state index in [0.29, 0.717) is 5.56 Å². The van der Waals surface area contributed by atoms with Gasteiger partial charge in [0.15, 0.2) is 5.82 Å². The van der Waals surface area contributed by atoms with Gasteiger partial charge in [0.05, 0.1) is 10.9 Å². The van der Waals surface area contributed by atoms with Crippen LogP contribution in [-0.4, -0.2) is 20.2 Å². The predicted molar refractivity (Wildman–Crippen MR) is 71.6 cm³/mol. The fraction of sp³-hybridized carbons (Fsp3) is 0.0667. The zero-order valence-corrected chi connectivity index (χ0v) is 10.7. The van der Waals surface area contributed by atoms with Crippen LogP contribution < -0.4 is 0 Å². The summed E-state index contributed by atoms with van der Waals surface area (Å²) >= 11 is 0. The van der Waals surface area contributed by atoms with E-state index in [1.165, 1.54) is 42.5 Å². The van der Waals surface area contributed by atoms with Crippen molar-refractivity contribution >= 4 is 10.9 Å². The highest BCUT2D eigenvalue weighted by atomic mass is 19.1. The monoisotopic (exact) mass is 288 g/mol. The minimum atomic E-state index is -1.25. The first-order valence-corrected chi connectivity index (χ1v) is 6.15. The maximum Gasteiger partial charge on any atom is 0.225 e. The first kappa shape index (κ1) is 13.4. The van der Waals surface area contributed by atoms with Gasteiger partial charge < -0.3 is 10.2 Å². The molecule has 21 heavy (non-hydrogen) atoms. The topological polar surface area (TPSA) is 66.2 Å². The smallest absolute Gasteiger partial charge is 0.225 e. The molecule has 3 rings (SSSR count). The van der Waals surface area contributed by atoms with Crippen molar-refractivity contribution in [1.29, 1.82) is 0 Å². The molecular formula is C15H10F2N2O2. The fourth-order valence-corrected chi connectivity index (χ4v) is 2.06. The number of aliphatic hydroxyl groups is 1. The summed E-state index contributed by atoms with van der Waals surface area (Å²) in [6.07, 6.45) is -1.25. The van der Waals surface area contributed by atoms with E-state index in [-0.39, 0.29) is 16.7 Å². The molecule has 6 heteroatoms. The molecule has 0 bridgehead atoms. The molecule has 0 saturated carbocycles. The van der Waals surface area contributed by atoms with Crippen LogP contribution in [0.1, 0.15) is 17.5 Å². The van der Waals surface area contributed by atoms with E-state index in [1.54, 1.807) is 0 Å². The highest BCUT2D eigenvalue weighted by molar-refractivity contribution is 5.83. The summed E-state index contributed by atoms with van der Waals surface area (Å²) < 4.78 is 26.5. The molecule has 2 aromatic carbocycles. The largest absolute Gasteiger partial charge is 0.493 e. The average Bonchev–Trinajstić information content (AvgIpc) is 2.47. The molecule has 0 fully saturated rings. The molecule has 2 N–H and O–H groups in total. The Balaban J connectivity index is 2.10. The Bertz CT molecular complexity index is 807. The minimum absolute atomic E-state index is 0.0859. The number of rotatable bonds is 2. The van der Waals surface area contributed by atoms with Crippen LogP contribution in [0.25, 0.3) is 10.9 Å². The molecule has 0 aliphatic rings. The number of benzene rings is 2. The SMILES string of the molecule is Oc1nc(C(O)c2ccc(F)cc2)nc2cccc(F)c12. The van der Waals surface area contributed by atoms with Crippen molar-refractivity contribution in [2.45, 2.75) is 6.10 Å². The Morgan fingerprint density at radius 1 is 0.952 bits per heavy atom. The quantitative estimate of drug-likeness (QED) is 0.761. The number of aliphatic hydroxyl groups excluding tert-OH is 1. The molecular weight excluding hydrogens is 278 g/mol. The third-order valence-corrected chi connectivity index (χ3v) is 3.10. The Hall–Kier alpha value is -2.60. The van der Waals surface area contributed by atoms with Crippen molar-refractivity contribution in [3.63, 3.8) is 0 Å². The van der Waals surface area contributed by atoms with Gasteiger partial charge >= 0.3 is 0 Å². The van der Waals surface area contributed by atoms with Crippen molar-refractivity contribution < 1.29 is 19.0 Å². The van der Waals surface area contributed by atoms with Crippen LogP contribution in [0.2, 0.25) is 0 Å². The van der Waals surface area contributed by atoms with E-state index in [2.05, 4.69) is 9.97 Å². The number of halogens is 2. The molecule has 0 radical (unpaired) electrons. The zero-order chi connectivity index (χ0) is 15.0. The van der Waals surface area contributed by atoms with Gasteiger partial charge in [0.2, 0.25) is 5.88 Å². The van der Waals surface area contributed by atoms with Crippen LogP contribution >= 0.6 is 0 Å². The molecule has 0 aliphatic carbocycles. The van der Waals surface area contributed by atoms with Crippen LogP contribution in [0.5, 0.6) is 5.88 Å². The van der Waals surface area contributed by atoms with E-state index < -0.39 is 23.6 Å². The first-order valence-electron chi connectivity index (χ1n) is 6.15. The number of hydrogen-bond donors (Lipinski definition) is 2. The van der Waals surface area contributed by atoms with E-state index >= 15 is 0 Å². The molecule has 0 spiro atoms. The number of hydrogen-bond acceptors (Lipinski definition) is 4. The Kier molecular flexibility index (Phi) is 3.23. The molecule has 3 aromatic rings. The Morgan fingerprint density at radius 2 is 1.67 bits per heavy atom. The van der Waals surface area contributed by atoms with Gasteiger partial charge in [-0.15, -0.1) is 0 Å². The van der Waals surface area contributed by atoms with Crippen molar-refractivity contribution in [1.82, 2.24) is 9.97 Å². The molecule has 1 heterocycles. The summed E-state index contributed by atoms with van der Waals surface area (Å²) in [4.78, 5) is 7.76. The summed E-state index contributed by atoms with van der Waals surface area (Å²) in [6.45, 7) is 0. The fourth-order valence-electron chi connectivity index (χ4n) is 2.06. The third kappa shape index (κ3) is 2.41. The van der Waals surface area contributed by atoms with Crippen molar-refractivity contribution in [3.8, 4) is 5.88 Å². The van der Waals surface area contributed by atoms with Gasteiger partial charge in [-0.2, -0.15) is 4.98 Å². The van der Waals surface area contributed by atoms with Gasteiger partial charge in [-0.25, -0.2) is 13.8 Å². The first-order chi connectivity index (χ1) is 10.1. The lowest BCUT2D eigenvalue weighted by Gasteiger charge is -2.11. The molecule has 1 unspecified atom stereocenters. The number of aromatic nitrogens is 2. The van der Waals surface area contributed by atoms with E-state index in [4.69, 9.17) is 0 Å². The summed E-state index contributed by atoms with van der Waals surface area (Å²) in [7, 11) is 0. The average molecular weight is 288 g/mol. The van der Waals surface area contributed by atoms with Crippen LogP contribution in [0.3, 0.4) is 0 Å². The summed E-state index contributed by atoms with van der Waals surface area (Å²) in [5, 5.41) is 19.9. The Labute approximate surface area is 118 Å². The normalized spacial score (nSPS) is 12.5. The lowest BCUT2D eigenvalue weighted by atomic mass is 10.1. The number of nitrogens with zero attached hydrogens (tertiary/aromatic N) is 2. The lowest BCUT2D eigenvalue weighted by Crippen LogP contribution is -2.06. The van der Waals surface area contributed by atoms with Gasteiger partial charge in [0.25, 0.3) is 0 Å². The minimum Gasteiger partial charge on any atom is -0.493 e. The highest BCUT2D eigenvalue weighted by Gasteiger charge is 2.18. The molecule has 1 atom stereocenters. The number of fused-ring (bicyclic) bond motifs is 1.